The Labute approximate surface area is 99.9 Å². The van der Waals surface area contributed by atoms with E-state index in [1.54, 1.807) is 0 Å². The van der Waals surface area contributed by atoms with Crippen molar-refractivity contribution in [3.05, 3.63) is 0 Å². The monoisotopic (exact) mass is 271 g/mol. The van der Waals surface area contributed by atoms with Crippen LogP contribution in [0, 0.1) is 0 Å². The van der Waals surface area contributed by atoms with Crippen molar-refractivity contribution in [1.29, 1.82) is 0 Å². The van der Waals surface area contributed by atoms with Crippen molar-refractivity contribution >= 4 is 11.9 Å². The summed E-state index contributed by atoms with van der Waals surface area (Å²) in [6.07, 6.45) is -7.61. The molecule has 1 aliphatic heterocycles. The number of ether oxygens (including phenoxy) is 1. The fourth-order valence-corrected chi connectivity index (χ4v) is 1.68. The minimum Gasteiger partial charge on any atom is -0.481 e. The molecule has 0 saturated carbocycles. The highest BCUT2D eigenvalue weighted by Crippen LogP contribution is 2.22. The van der Waals surface area contributed by atoms with Gasteiger partial charge in [-0.15, -0.1) is 0 Å². The number of alkyl halides is 3. The van der Waals surface area contributed by atoms with E-state index in [4.69, 9.17) is 14.9 Å². The molecule has 9 heteroatoms. The van der Waals surface area contributed by atoms with E-state index in [0.717, 1.165) is 0 Å². The van der Waals surface area contributed by atoms with Gasteiger partial charge in [0.2, 0.25) is 0 Å². The molecule has 1 fully saturated rings. The van der Waals surface area contributed by atoms with Crippen LogP contribution >= 0.6 is 0 Å². The Balaban J connectivity index is 2.74. The van der Waals surface area contributed by atoms with Crippen LogP contribution in [-0.4, -0.2) is 65.1 Å². The van der Waals surface area contributed by atoms with Gasteiger partial charge >= 0.3 is 18.1 Å². The zero-order valence-electron chi connectivity index (χ0n) is 9.18. The number of halogens is 3. The maximum absolute atomic E-state index is 12.2. The number of carboxylic acid groups (broad SMARTS) is 1. The molecule has 0 radical (unpaired) electrons. The molecule has 1 saturated heterocycles. The Morgan fingerprint density at radius 3 is 2.28 bits per heavy atom. The van der Waals surface area contributed by atoms with Crippen molar-refractivity contribution in [2.75, 3.05) is 19.7 Å². The molecule has 0 aromatic rings. The molecular weight excluding hydrogens is 259 g/mol. The van der Waals surface area contributed by atoms with Crippen LogP contribution in [0.1, 0.15) is 6.42 Å². The molecule has 0 unspecified atom stereocenters. The van der Waals surface area contributed by atoms with Crippen molar-refractivity contribution in [2.45, 2.75) is 24.8 Å². The highest BCUT2D eigenvalue weighted by Gasteiger charge is 2.45. The Bertz CT molecular complexity index is 333. The zero-order valence-corrected chi connectivity index (χ0v) is 9.18. The van der Waals surface area contributed by atoms with Gasteiger partial charge in [-0.05, 0) is 0 Å². The van der Waals surface area contributed by atoms with E-state index >= 15 is 0 Å². The van der Waals surface area contributed by atoms with Crippen molar-refractivity contribution in [2.24, 2.45) is 0 Å². The molecule has 6 nitrogen and oxygen atoms in total. The second-order valence-electron chi connectivity index (χ2n) is 3.87. The van der Waals surface area contributed by atoms with Crippen LogP contribution in [-0.2, 0) is 14.3 Å². The van der Waals surface area contributed by atoms with E-state index in [0.29, 0.717) is 4.90 Å². The van der Waals surface area contributed by atoms with Gasteiger partial charge in [0, 0.05) is 13.1 Å². The molecule has 1 amide bonds. The standard InChI is InChI=1S/C9H12F3NO5/c10-9(11,12)8(17)13-2-5(1-7(15)16)18-6(3-13)4-14/h5-6,14H,1-4H2,(H,15,16)/t5-,6+/m1/s1. The number of aliphatic hydroxyl groups excluding tert-OH is 1. The third kappa shape index (κ3) is 3.84. The molecule has 0 aliphatic carbocycles. The van der Waals surface area contributed by atoms with Crippen LogP contribution in [0.4, 0.5) is 13.2 Å². The van der Waals surface area contributed by atoms with Gasteiger partial charge in [0.15, 0.2) is 0 Å². The quantitative estimate of drug-likeness (QED) is 0.730. The number of carboxylic acids is 1. The van der Waals surface area contributed by atoms with Gasteiger partial charge in [0.05, 0.1) is 25.2 Å². The van der Waals surface area contributed by atoms with E-state index in [2.05, 4.69) is 0 Å². The average Bonchev–Trinajstić information content (AvgIpc) is 2.25. The molecule has 2 N–H and O–H groups in total. The van der Waals surface area contributed by atoms with Gasteiger partial charge in [-0.25, -0.2) is 0 Å². The normalized spacial score (nSPS) is 25.0. The SMILES string of the molecule is O=C(O)C[C@@H]1CN(C(=O)C(F)(F)F)C[C@@H](CO)O1. The topological polar surface area (TPSA) is 87.1 Å². The molecular formula is C9H12F3NO5. The summed E-state index contributed by atoms with van der Waals surface area (Å²) in [5.41, 5.74) is 0. The Hall–Kier alpha value is -1.35. The predicted molar refractivity (Wildman–Crippen MR) is 50.6 cm³/mol. The van der Waals surface area contributed by atoms with Crippen molar-refractivity contribution < 1.29 is 37.7 Å². The summed E-state index contributed by atoms with van der Waals surface area (Å²) < 4.78 is 41.8. The minimum atomic E-state index is -5.02. The maximum atomic E-state index is 12.2. The van der Waals surface area contributed by atoms with E-state index in [-0.39, 0.29) is 0 Å². The summed E-state index contributed by atoms with van der Waals surface area (Å²) in [6, 6.07) is 0. The van der Waals surface area contributed by atoms with E-state index in [9.17, 15) is 22.8 Å². The van der Waals surface area contributed by atoms with Gasteiger partial charge < -0.3 is 19.8 Å². The van der Waals surface area contributed by atoms with Crippen molar-refractivity contribution in [3.63, 3.8) is 0 Å². The molecule has 2 atom stereocenters. The second-order valence-corrected chi connectivity index (χ2v) is 3.87. The van der Waals surface area contributed by atoms with E-state index < -0.39 is 56.4 Å². The minimum absolute atomic E-state index is 0.412. The van der Waals surface area contributed by atoms with Gasteiger partial charge in [0.25, 0.3) is 0 Å². The summed E-state index contributed by atoms with van der Waals surface area (Å²) >= 11 is 0. The van der Waals surface area contributed by atoms with Crippen molar-refractivity contribution in [3.8, 4) is 0 Å². The van der Waals surface area contributed by atoms with E-state index in [1.807, 2.05) is 0 Å². The van der Waals surface area contributed by atoms with Gasteiger partial charge in [-0.2, -0.15) is 13.2 Å². The first-order valence-electron chi connectivity index (χ1n) is 5.08. The fourth-order valence-electron chi connectivity index (χ4n) is 1.68. The lowest BCUT2D eigenvalue weighted by atomic mass is 10.1. The first kappa shape index (κ1) is 14.7. The summed E-state index contributed by atoms with van der Waals surface area (Å²) in [7, 11) is 0. The van der Waals surface area contributed by atoms with Crippen LogP contribution in [0.15, 0.2) is 0 Å². The number of hydrogen-bond acceptors (Lipinski definition) is 4. The largest absolute Gasteiger partial charge is 0.481 e. The molecule has 1 heterocycles. The summed E-state index contributed by atoms with van der Waals surface area (Å²) in [5.74, 6) is -3.31. The Kier molecular flexibility index (Phi) is 4.52. The highest BCUT2D eigenvalue weighted by molar-refractivity contribution is 5.82. The van der Waals surface area contributed by atoms with Crippen LogP contribution in [0.3, 0.4) is 0 Å². The summed E-state index contributed by atoms with van der Waals surface area (Å²) in [5, 5.41) is 17.4. The van der Waals surface area contributed by atoms with Crippen LogP contribution < -0.4 is 0 Å². The molecule has 1 rings (SSSR count). The number of aliphatic hydroxyl groups is 1. The Morgan fingerprint density at radius 2 is 1.83 bits per heavy atom. The first-order valence-corrected chi connectivity index (χ1v) is 5.08. The Morgan fingerprint density at radius 1 is 1.28 bits per heavy atom. The van der Waals surface area contributed by atoms with Gasteiger partial charge in [-0.3, -0.25) is 9.59 Å². The average molecular weight is 271 g/mol. The predicted octanol–water partition coefficient (Wildman–Crippen LogP) is -0.388. The molecule has 18 heavy (non-hydrogen) atoms. The van der Waals surface area contributed by atoms with Crippen molar-refractivity contribution in [1.82, 2.24) is 4.90 Å². The molecule has 0 aromatic heterocycles. The highest BCUT2D eigenvalue weighted by atomic mass is 19.4. The number of nitrogens with zero attached hydrogens (tertiary/aromatic N) is 1. The lowest BCUT2D eigenvalue weighted by Crippen LogP contribution is -2.54. The maximum Gasteiger partial charge on any atom is 0.471 e. The number of aliphatic carboxylic acids is 1. The van der Waals surface area contributed by atoms with Gasteiger partial charge in [0.1, 0.15) is 0 Å². The molecule has 0 aromatic carbocycles. The summed E-state index contributed by atoms with van der Waals surface area (Å²) in [4.78, 5) is 22.0. The molecule has 0 spiro atoms. The fraction of sp³-hybridized carbons (Fsp3) is 0.778. The van der Waals surface area contributed by atoms with Crippen LogP contribution in [0.2, 0.25) is 0 Å². The number of carbonyl (C=O) groups is 2. The third-order valence-electron chi connectivity index (χ3n) is 2.37. The second kappa shape index (κ2) is 5.53. The lowest BCUT2D eigenvalue weighted by Gasteiger charge is -2.37. The number of morpholine rings is 1. The van der Waals surface area contributed by atoms with Crippen LogP contribution in [0.25, 0.3) is 0 Å². The van der Waals surface area contributed by atoms with Gasteiger partial charge in [-0.1, -0.05) is 0 Å². The number of rotatable bonds is 3. The smallest absolute Gasteiger partial charge is 0.471 e. The van der Waals surface area contributed by atoms with Crippen LogP contribution in [0.5, 0.6) is 0 Å². The molecule has 104 valence electrons. The third-order valence-corrected chi connectivity index (χ3v) is 2.37. The molecule has 1 aliphatic rings. The van der Waals surface area contributed by atoms with E-state index in [1.165, 1.54) is 0 Å². The zero-order chi connectivity index (χ0) is 13.9. The molecule has 0 bridgehead atoms. The number of hydrogen-bond donors (Lipinski definition) is 2. The number of amides is 1. The first-order chi connectivity index (χ1) is 8.24. The number of carbonyl (C=O) groups excluding carboxylic acids is 1. The summed E-state index contributed by atoms with van der Waals surface area (Å²) in [6.45, 7) is -1.45. The lowest BCUT2D eigenvalue weighted by molar-refractivity contribution is -0.197.